The molecule has 1 aliphatic heterocycles. The number of amides is 2. The van der Waals surface area contributed by atoms with Crippen molar-refractivity contribution in [3.63, 3.8) is 0 Å². The van der Waals surface area contributed by atoms with E-state index < -0.39 is 0 Å². The average molecular weight is 350 g/mol. The van der Waals surface area contributed by atoms with Crippen LogP contribution in [0.15, 0.2) is 47.1 Å². The Labute approximate surface area is 153 Å². The molecule has 1 aromatic heterocycles. The van der Waals surface area contributed by atoms with Crippen molar-refractivity contribution in [3.8, 4) is 12.3 Å². The maximum atomic E-state index is 12.9. The van der Waals surface area contributed by atoms with Crippen molar-refractivity contribution in [2.75, 3.05) is 13.1 Å². The van der Waals surface area contributed by atoms with Gasteiger partial charge in [-0.05, 0) is 24.6 Å². The van der Waals surface area contributed by atoms with Gasteiger partial charge in [0.25, 0.3) is 0 Å². The zero-order valence-corrected chi connectivity index (χ0v) is 14.9. The summed E-state index contributed by atoms with van der Waals surface area (Å²) in [6.45, 7) is 3.49. The lowest BCUT2D eigenvalue weighted by atomic mass is 10.1. The Morgan fingerprint density at radius 3 is 2.77 bits per heavy atom. The SMILES string of the molecule is C#CCN(Cc1ccc(C)cc1)C(=O)C1CC(=O)N(Cc2ccco2)C1. The second kappa shape index (κ2) is 7.92. The van der Waals surface area contributed by atoms with Gasteiger partial charge in [-0.15, -0.1) is 6.42 Å². The number of nitrogens with zero attached hydrogens (tertiary/aromatic N) is 2. The van der Waals surface area contributed by atoms with Crippen molar-refractivity contribution in [2.24, 2.45) is 5.92 Å². The monoisotopic (exact) mass is 350 g/mol. The minimum absolute atomic E-state index is 0.0317. The Bertz CT molecular complexity index is 803. The van der Waals surface area contributed by atoms with Crippen LogP contribution in [0.25, 0.3) is 0 Å². The second-order valence-corrected chi connectivity index (χ2v) is 6.64. The third-order valence-electron chi connectivity index (χ3n) is 4.58. The topological polar surface area (TPSA) is 53.8 Å². The van der Waals surface area contributed by atoms with Crippen LogP contribution < -0.4 is 0 Å². The summed E-state index contributed by atoms with van der Waals surface area (Å²) in [5, 5.41) is 0. The van der Waals surface area contributed by atoms with Crippen LogP contribution in [0, 0.1) is 25.2 Å². The molecule has 0 bridgehead atoms. The smallest absolute Gasteiger partial charge is 0.229 e. The molecule has 0 saturated carbocycles. The Balaban J connectivity index is 1.66. The van der Waals surface area contributed by atoms with Crippen LogP contribution in [0.1, 0.15) is 23.3 Å². The summed E-state index contributed by atoms with van der Waals surface area (Å²) in [6.07, 6.45) is 7.25. The first-order valence-electron chi connectivity index (χ1n) is 8.64. The highest BCUT2D eigenvalue weighted by molar-refractivity contribution is 5.89. The molecule has 5 heteroatoms. The van der Waals surface area contributed by atoms with E-state index in [4.69, 9.17) is 10.8 Å². The van der Waals surface area contributed by atoms with Crippen molar-refractivity contribution >= 4 is 11.8 Å². The molecule has 0 spiro atoms. The van der Waals surface area contributed by atoms with Gasteiger partial charge in [-0.1, -0.05) is 35.7 Å². The predicted octanol–water partition coefficient (Wildman–Crippen LogP) is 2.60. The minimum atomic E-state index is -0.365. The van der Waals surface area contributed by atoms with Crippen molar-refractivity contribution in [1.29, 1.82) is 0 Å². The van der Waals surface area contributed by atoms with E-state index in [2.05, 4.69) is 5.92 Å². The first-order valence-corrected chi connectivity index (χ1v) is 8.64. The maximum absolute atomic E-state index is 12.9. The van der Waals surface area contributed by atoms with E-state index >= 15 is 0 Å². The highest BCUT2D eigenvalue weighted by atomic mass is 16.3. The molecule has 26 heavy (non-hydrogen) atoms. The molecule has 2 aromatic rings. The van der Waals surface area contributed by atoms with Gasteiger partial charge < -0.3 is 14.2 Å². The summed E-state index contributed by atoms with van der Waals surface area (Å²) in [5.74, 6) is 2.80. The summed E-state index contributed by atoms with van der Waals surface area (Å²) in [4.78, 5) is 28.5. The van der Waals surface area contributed by atoms with Gasteiger partial charge in [0, 0.05) is 19.5 Å². The quantitative estimate of drug-likeness (QED) is 0.753. The summed E-state index contributed by atoms with van der Waals surface area (Å²) < 4.78 is 5.30. The standard InChI is InChI=1S/C21H22N2O3/c1-3-10-22(13-17-8-6-16(2)7-9-17)21(25)18-12-20(24)23(14-18)15-19-5-4-11-26-19/h1,4-9,11,18H,10,12-15H2,2H3. The van der Waals surface area contributed by atoms with Crippen LogP contribution in [0.2, 0.25) is 0 Å². The molecule has 1 atom stereocenters. The molecule has 1 aromatic carbocycles. The van der Waals surface area contributed by atoms with Gasteiger partial charge >= 0.3 is 0 Å². The molecule has 2 heterocycles. The molecule has 0 radical (unpaired) electrons. The summed E-state index contributed by atoms with van der Waals surface area (Å²) in [5.41, 5.74) is 2.19. The molecular weight excluding hydrogens is 328 g/mol. The van der Waals surface area contributed by atoms with Gasteiger partial charge in [0.1, 0.15) is 5.76 Å². The van der Waals surface area contributed by atoms with Gasteiger partial charge in [-0.3, -0.25) is 9.59 Å². The van der Waals surface area contributed by atoms with Crippen LogP contribution in [-0.2, 0) is 22.7 Å². The zero-order valence-electron chi connectivity index (χ0n) is 14.9. The first-order chi connectivity index (χ1) is 12.6. The van der Waals surface area contributed by atoms with Gasteiger partial charge in [-0.25, -0.2) is 0 Å². The fraction of sp³-hybridized carbons (Fsp3) is 0.333. The molecule has 1 unspecified atom stereocenters. The molecular formula is C21H22N2O3. The molecule has 1 aliphatic rings. The molecule has 0 N–H and O–H groups in total. The van der Waals surface area contributed by atoms with Gasteiger partial charge in [-0.2, -0.15) is 0 Å². The van der Waals surface area contributed by atoms with Crippen LogP contribution in [0.3, 0.4) is 0 Å². The zero-order chi connectivity index (χ0) is 18.5. The van der Waals surface area contributed by atoms with E-state index in [-0.39, 0.29) is 30.7 Å². The van der Waals surface area contributed by atoms with Crippen molar-refractivity contribution in [3.05, 3.63) is 59.5 Å². The van der Waals surface area contributed by atoms with Gasteiger partial charge in [0.15, 0.2) is 0 Å². The number of likely N-dealkylation sites (tertiary alicyclic amines) is 1. The van der Waals surface area contributed by atoms with E-state index in [9.17, 15) is 9.59 Å². The molecule has 134 valence electrons. The van der Waals surface area contributed by atoms with Crippen LogP contribution in [-0.4, -0.2) is 34.7 Å². The van der Waals surface area contributed by atoms with Crippen molar-refractivity contribution < 1.29 is 14.0 Å². The van der Waals surface area contributed by atoms with E-state index in [1.165, 1.54) is 5.56 Å². The molecule has 3 rings (SSSR count). The summed E-state index contributed by atoms with van der Waals surface area (Å²) in [7, 11) is 0. The normalized spacial score (nSPS) is 16.5. The van der Waals surface area contributed by atoms with E-state index in [0.717, 1.165) is 5.56 Å². The first kappa shape index (κ1) is 17.8. The van der Waals surface area contributed by atoms with Crippen LogP contribution in [0.5, 0.6) is 0 Å². The lowest BCUT2D eigenvalue weighted by Gasteiger charge is -2.24. The number of furan rings is 1. The second-order valence-electron chi connectivity index (χ2n) is 6.64. The molecule has 1 fully saturated rings. The van der Waals surface area contributed by atoms with Crippen molar-refractivity contribution in [1.82, 2.24) is 9.80 Å². The predicted molar refractivity (Wildman–Crippen MR) is 97.7 cm³/mol. The third-order valence-corrected chi connectivity index (χ3v) is 4.58. The number of terminal acetylenes is 1. The third kappa shape index (κ3) is 4.15. The molecule has 1 saturated heterocycles. The summed E-state index contributed by atoms with van der Waals surface area (Å²) in [6, 6.07) is 11.6. The van der Waals surface area contributed by atoms with E-state index in [1.807, 2.05) is 37.3 Å². The Hall–Kier alpha value is -3.00. The fourth-order valence-electron chi connectivity index (χ4n) is 3.18. The average Bonchev–Trinajstić information content (AvgIpc) is 3.26. The van der Waals surface area contributed by atoms with Gasteiger partial charge in [0.2, 0.25) is 11.8 Å². The van der Waals surface area contributed by atoms with Crippen molar-refractivity contribution in [2.45, 2.75) is 26.4 Å². The molecule has 2 amide bonds. The minimum Gasteiger partial charge on any atom is -0.467 e. The molecule has 5 nitrogen and oxygen atoms in total. The largest absolute Gasteiger partial charge is 0.467 e. The number of hydrogen-bond acceptors (Lipinski definition) is 3. The molecule has 0 aliphatic carbocycles. The number of carbonyl (C=O) groups excluding carboxylic acids is 2. The number of benzene rings is 1. The fourth-order valence-corrected chi connectivity index (χ4v) is 3.18. The highest BCUT2D eigenvalue weighted by Crippen LogP contribution is 2.23. The van der Waals surface area contributed by atoms with Gasteiger partial charge in [0.05, 0.1) is 25.3 Å². The Morgan fingerprint density at radius 1 is 1.35 bits per heavy atom. The number of hydrogen-bond donors (Lipinski definition) is 0. The lowest BCUT2D eigenvalue weighted by Crippen LogP contribution is -2.37. The number of aryl methyl sites for hydroxylation is 1. The maximum Gasteiger partial charge on any atom is 0.229 e. The van der Waals surface area contributed by atoms with Crippen LogP contribution in [0.4, 0.5) is 0 Å². The number of carbonyl (C=O) groups is 2. The lowest BCUT2D eigenvalue weighted by molar-refractivity contribution is -0.135. The summed E-state index contributed by atoms with van der Waals surface area (Å²) >= 11 is 0. The van der Waals surface area contributed by atoms with E-state index in [1.54, 1.807) is 22.1 Å². The Morgan fingerprint density at radius 2 is 2.12 bits per heavy atom. The Kier molecular flexibility index (Phi) is 5.43. The van der Waals surface area contributed by atoms with Crippen LogP contribution >= 0.6 is 0 Å². The highest BCUT2D eigenvalue weighted by Gasteiger charge is 2.36. The van der Waals surface area contributed by atoms with E-state index in [0.29, 0.717) is 25.4 Å². The number of rotatable bonds is 6.